The monoisotopic (exact) mass is 292 g/mol. The van der Waals surface area contributed by atoms with Crippen molar-refractivity contribution < 1.29 is 0 Å². The first-order valence-corrected chi connectivity index (χ1v) is 8.37. The molecule has 1 aromatic carbocycles. The Morgan fingerprint density at radius 2 is 2.05 bits per heavy atom. The number of thioether (sulfide) groups is 1. The van der Waals surface area contributed by atoms with E-state index in [0.29, 0.717) is 6.04 Å². The van der Waals surface area contributed by atoms with Crippen molar-refractivity contribution >= 4 is 23.1 Å². The van der Waals surface area contributed by atoms with Crippen molar-refractivity contribution in [2.45, 2.75) is 30.7 Å². The lowest BCUT2D eigenvalue weighted by Crippen LogP contribution is -2.37. The number of thiophene rings is 1. The predicted molar refractivity (Wildman–Crippen MR) is 85.7 cm³/mol. The molecule has 2 aromatic rings. The summed E-state index contributed by atoms with van der Waals surface area (Å²) in [6.07, 6.45) is 2.17. The lowest BCUT2D eigenvalue weighted by atomic mass is 10.1. The molecule has 102 valence electrons. The van der Waals surface area contributed by atoms with Crippen LogP contribution in [0.1, 0.15) is 17.5 Å². The highest BCUT2D eigenvalue weighted by Crippen LogP contribution is 2.20. The Balaban J connectivity index is 1.77. The van der Waals surface area contributed by atoms with Gasteiger partial charge < -0.3 is 0 Å². The Hall–Kier alpha value is -0.810. The number of aryl methyl sites for hydroxylation is 2. The summed E-state index contributed by atoms with van der Waals surface area (Å²) in [5.41, 5.74) is 5.64. The molecule has 0 aliphatic rings. The van der Waals surface area contributed by atoms with Crippen LogP contribution in [-0.2, 0) is 6.42 Å². The highest BCUT2D eigenvalue weighted by molar-refractivity contribution is 7.99. The van der Waals surface area contributed by atoms with Crippen molar-refractivity contribution in [3.63, 3.8) is 0 Å². The van der Waals surface area contributed by atoms with Crippen molar-refractivity contribution in [2.75, 3.05) is 5.75 Å². The average Bonchev–Trinajstić information content (AvgIpc) is 2.94. The first-order valence-electron chi connectivity index (χ1n) is 6.44. The quantitative estimate of drug-likeness (QED) is 0.465. The second-order valence-electron chi connectivity index (χ2n) is 4.66. The molecule has 19 heavy (non-hydrogen) atoms. The molecule has 0 aliphatic carbocycles. The third-order valence-corrected chi connectivity index (χ3v) is 4.98. The minimum absolute atomic E-state index is 0.353. The second kappa shape index (κ2) is 7.70. The SMILES string of the molecule is Cc1ccc(SCC(CCc2ccsc2)NN)cc1. The summed E-state index contributed by atoms with van der Waals surface area (Å²) in [4.78, 5) is 1.31. The number of hydrogen-bond acceptors (Lipinski definition) is 4. The lowest BCUT2D eigenvalue weighted by Gasteiger charge is -2.15. The van der Waals surface area contributed by atoms with Gasteiger partial charge in [-0.15, -0.1) is 11.8 Å². The van der Waals surface area contributed by atoms with Crippen LogP contribution in [0, 0.1) is 6.92 Å². The first-order chi connectivity index (χ1) is 9.28. The molecule has 2 nitrogen and oxygen atoms in total. The van der Waals surface area contributed by atoms with Crippen molar-refractivity contribution in [3.05, 3.63) is 52.2 Å². The molecule has 0 radical (unpaired) electrons. The maximum Gasteiger partial charge on any atom is 0.0307 e. The number of benzene rings is 1. The van der Waals surface area contributed by atoms with Gasteiger partial charge in [0, 0.05) is 16.7 Å². The Bertz CT molecular complexity index is 465. The minimum atomic E-state index is 0.353. The molecular weight excluding hydrogens is 272 g/mol. The molecule has 0 fully saturated rings. The van der Waals surface area contributed by atoms with Gasteiger partial charge in [-0.2, -0.15) is 11.3 Å². The molecule has 1 aromatic heterocycles. The summed E-state index contributed by atoms with van der Waals surface area (Å²) in [6.45, 7) is 2.11. The largest absolute Gasteiger partial charge is 0.271 e. The van der Waals surface area contributed by atoms with Crippen molar-refractivity contribution in [2.24, 2.45) is 5.84 Å². The molecule has 1 heterocycles. The van der Waals surface area contributed by atoms with Gasteiger partial charge in [0.05, 0.1) is 0 Å². The minimum Gasteiger partial charge on any atom is -0.271 e. The van der Waals surface area contributed by atoms with E-state index < -0.39 is 0 Å². The Kier molecular flexibility index (Phi) is 5.92. The van der Waals surface area contributed by atoms with Crippen LogP contribution in [0.25, 0.3) is 0 Å². The maximum atomic E-state index is 5.64. The summed E-state index contributed by atoms with van der Waals surface area (Å²) < 4.78 is 0. The van der Waals surface area contributed by atoms with E-state index in [2.05, 4.69) is 53.4 Å². The molecule has 1 unspecified atom stereocenters. The number of rotatable bonds is 7. The Labute approximate surface area is 123 Å². The molecule has 1 atom stereocenters. The fourth-order valence-electron chi connectivity index (χ4n) is 1.82. The lowest BCUT2D eigenvalue weighted by molar-refractivity contribution is 0.539. The molecule has 0 bridgehead atoms. The first kappa shape index (κ1) is 14.6. The Morgan fingerprint density at radius 1 is 1.26 bits per heavy atom. The topological polar surface area (TPSA) is 38.0 Å². The van der Waals surface area contributed by atoms with E-state index in [4.69, 9.17) is 5.84 Å². The highest BCUT2D eigenvalue weighted by Gasteiger charge is 2.08. The maximum absolute atomic E-state index is 5.64. The number of hydrogen-bond donors (Lipinski definition) is 2. The summed E-state index contributed by atoms with van der Waals surface area (Å²) in [5, 5.41) is 4.34. The normalized spacial score (nSPS) is 12.5. The van der Waals surface area contributed by atoms with Gasteiger partial charge in [0.15, 0.2) is 0 Å². The second-order valence-corrected chi connectivity index (χ2v) is 6.53. The summed E-state index contributed by atoms with van der Waals surface area (Å²) in [5.74, 6) is 6.64. The van der Waals surface area contributed by atoms with Crippen molar-refractivity contribution in [1.29, 1.82) is 0 Å². The van der Waals surface area contributed by atoms with Gasteiger partial charge in [0.1, 0.15) is 0 Å². The summed E-state index contributed by atoms with van der Waals surface area (Å²) >= 11 is 3.61. The number of nitrogens with two attached hydrogens (primary N) is 1. The van der Waals surface area contributed by atoms with Crippen LogP contribution in [0.15, 0.2) is 46.0 Å². The predicted octanol–water partition coefficient (Wildman–Crippen LogP) is 3.61. The fourth-order valence-corrected chi connectivity index (χ4v) is 3.51. The Morgan fingerprint density at radius 3 is 2.68 bits per heavy atom. The number of nitrogens with one attached hydrogen (secondary N) is 1. The van der Waals surface area contributed by atoms with Crippen LogP contribution in [-0.4, -0.2) is 11.8 Å². The standard InChI is InChI=1S/C15H20N2S2/c1-12-2-6-15(7-3-12)19-11-14(17-16)5-4-13-8-9-18-10-13/h2-3,6-10,14,17H,4-5,11,16H2,1H3. The molecule has 2 rings (SSSR count). The molecule has 0 saturated heterocycles. The molecule has 0 amide bonds. The number of hydrazine groups is 1. The van der Waals surface area contributed by atoms with Crippen molar-refractivity contribution in [3.8, 4) is 0 Å². The highest BCUT2D eigenvalue weighted by atomic mass is 32.2. The zero-order chi connectivity index (χ0) is 13.5. The van der Waals surface area contributed by atoms with E-state index >= 15 is 0 Å². The van der Waals surface area contributed by atoms with E-state index in [-0.39, 0.29) is 0 Å². The zero-order valence-corrected chi connectivity index (χ0v) is 12.8. The molecule has 0 saturated carbocycles. The van der Waals surface area contributed by atoms with Crippen LogP contribution in [0.3, 0.4) is 0 Å². The van der Waals surface area contributed by atoms with Gasteiger partial charge in [-0.1, -0.05) is 17.7 Å². The van der Waals surface area contributed by atoms with E-state index in [0.717, 1.165) is 18.6 Å². The third kappa shape index (κ3) is 4.99. The van der Waals surface area contributed by atoms with Gasteiger partial charge in [-0.25, -0.2) is 0 Å². The van der Waals surface area contributed by atoms with Gasteiger partial charge in [0.2, 0.25) is 0 Å². The van der Waals surface area contributed by atoms with Crippen LogP contribution in [0.5, 0.6) is 0 Å². The van der Waals surface area contributed by atoms with Crippen LogP contribution < -0.4 is 11.3 Å². The summed E-state index contributed by atoms with van der Waals surface area (Å²) in [6, 6.07) is 11.2. The fraction of sp³-hybridized carbons (Fsp3) is 0.333. The van der Waals surface area contributed by atoms with Gasteiger partial charge in [-0.05, 0) is 54.3 Å². The molecule has 0 aliphatic heterocycles. The van der Waals surface area contributed by atoms with Crippen LogP contribution >= 0.6 is 23.1 Å². The molecule has 3 N–H and O–H groups in total. The van der Waals surface area contributed by atoms with E-state index in [1.54, 1.807) is 11.3 Å². The van der Waals surface area contributed by atoms with Gasteiger partial charge in [0.25, 0.3) is 0 Å². The van der Waals surface area contributed by atoms with Gasteiger partial charge >= 0.3 is 0 Å². The summed E-state index contributed by atoms with van der Waals surface area (Å²) in [7, 11) is 0. The van der Waals surface area contributed by atoms with E-state index in [9.17, 15) is 0 Å². The van der Waals surface area contributed by atoms with Crippen molar-refractivity contribution in [1.82, 2.24) is 5.43 Å². The molecule has 0 spiro atoms. The van der Waals surface area contributed by atoms with Crippen LogP contribution in [0.4, 0.5) is 0 Å². The molecular formula is C15H20N2S2. The van der Waals surface area contributed by atoms with Gasteiger partial charge in [-0.3, -0.25) is 11.3 Å². The third-order valence-electron chi connectivity index (χ3n) is 3.07. The smallest absolute Gasteiger partial charge is 0.0307 e. The average molecular weight is 292 g/mol. The van der Waals surface area contributed by atoms with Crippen LogP contribution in [0.2, 0.25) is 0 Å². The molecule has 4 heteroatoms. The zero-order valence-electron chi connectivity index (χ0n) is 11.1. The van der Waals surface area contributed by atoms with E-state index in [1.165, 1.54) is 16.0 Å². The van der Waals surface area contributed by atoms with E-state index in [1.807, 2.05) is 11.8 Å².